The molecule has 0 radical (unpaired) electrons. The van der Waals surface area contributed by atoms with Gasteiger partial charge in [0, 0.05) is 24.2 Å². The first-order valence-corrected chi connectivity index (χ1v) is 6.49. The highest BCUT2D eigenvalue weighted by Crippen LogP contribution is 2.38. The van der Waals surface area contributed by atoms with E-state index in [0.29, 0.717) is 6.54 Å². The van der Waals surface area contributed by atoms with E-state index in [9.17, 15) is 15.2 Å². The molecule has 1 aromatic heterocycles. The number of nitrogens with one attached hydrogen (secondary N) is 1. The molecule has 0 aromatic carbocycles. The van der Waals surface area contributed by atoms with Gasteiger partial charge in [0.15, 0.2) is 0 Å². The van der Waals surface area contributed by atoms with Gasteiger partial charge < -0.3 is 10.4 Å². The second kappa shape index (κ2) is 5.84. The van der Waals surface area contributed by atoms with Crippen LogP contribution in [0.4, 0.5) is 11.5 Å². The summed E-state index contributed by atoms with van der Waals surface area (Å²) in [5.41, 5.74) is -0.279. The monoisotopic (exact) mass is 276 g/mol. The topological polar surface area (TPSA) is 112 Å². The summed E-state index contributed by atoms with van der Waals surface area (Å²) in [6, 6.07) is 3.03. The molecule has 1 heterocycles. The van der Waals surface area contributed by atoms with Crippen molar-refractivity contribution in [2.45, 2.75) is 25.7 Å². The molecule has 0 saturated heterocycles. The van der Waals surface area contributed by atoms with Gasteiger partial charge in [-0.3, -0.25) is 10.1 Å². The van der Waals surface area contributed by atoms with Crippen molar-refractivity contribution < 1.29 is 10.0 Å². The van der Waals surface area contributed by atoms with E-state index < -0.39 is 4.92 Å². The third kappa shape index (κ3) is 2.86. The van der Waals surface area contributed by atoms with Crippen molar-refractivity contribution in [2.24, 2.45) is 5.41 Å². The summed E-state index contributed by atoms with van der Waals surface area (Å²) in [5, 5.41) is 32.2. The van der Waals surface area contributed by atoms with Crippen LogP contribution in [0.1, 0.15) is 31.2 Å². The van der Waals surface area contributed by atoms with Crippen LogP contribution in [0.5, 0.6) is 0 Å². The number of nitrogens with zero attached hydrogens (tertiary/aromatic N) is 3. The number of nitriles is 1. The largest absolute Gasteiger partial charge is 0.396 e. The van der Waals surface area contributed by atoms with Gasteiger partial charge in [-0.1, -0.05) is 12.8 Å². The van der Waals surface area contributed by atoms with Gasteiger partial charge in [-0.15, -0.1) is 0 Å². The van der Waals surface area contributed by atoms with Gasteiger partial charge in [0.25, 0.3) is 0 Å². The van der Waals surface area contributed by atoms with Crippen molar-refractivity contribution in [2.75, 3.05) is 18.5 Å². The van der Waals surface area contributed by atoms with Crippen molar-refractivity contribution in [3.63, 3.8) is 0 Å². The molecule has 0 amide bonds. The van der Waals surface area contributed by atoms with Crippen LogP contribution >= 0.6 is 0 Å². The Morgan fingerprint density at radius 1 is 1.55 bits per heavy atom. The molecule has 20 heavy (non-hydrogen) atoms. The van der Waals surface area contributed by atoms with Crippen molar-refractivity contribution in [3.8, 4) is 6.07 Å². The van der Waals surface area contributed by atoms with Crippen LogP contribution in [0, 0.1) is 26.9 Å². The van der Waals surface area contributed by atoms with Crippen molar-refractivity contribution in [1.82, 2.24) is 4.98 Å². The van der Waals surface area contributed by atoms with Gasteiger partial charge in [0.05, 0.1) is 17.1 Å². The van der Waals surface area contributed by atoms with E-state index in [2.05, 4.69) is 10.3 Å². The average molecular weight is 276 g/mol. The first-order valence-electron chi connectivity index (χ1n) is 6.49. The highest BCUT2D eigenvalue weighted by molar-refractivity contribution is 5.58. The van der Waals surface area contributed by atoms with E-state index in [4.69, 9.17) is 5.26 Å². The van der Waals surface area contributed by atoms with E-state index in [1.54, 1.807) is 0 Å². The summed E-state index contributed by atoms with van der Waals surface area (Å²) in [4.78, 5) is 14.4. The first kappa shape index (κ1) is 14.2. The van der Waals surface area contributed by atoms with E-state index in [1.165, 1.54) is 12.3 Å². The maximum absolute atomic E-state index is 11.0. The van der Waals surface area contributed by atoms with Crippen molar-refractivity contribution in [3.05, 3.63) is 27.9 Å². The number of pyridine rings is 1. The molecule has 0 spiro atoms. The Hall–Kier alpha value is -2.20. The Morgan fingerprint density at radius 2 is 2.25 bits per heavy atom. The maximum atomic E-state index is 11.0. The minimum Gasteiger partial charge on any atom is -0.396 e. The lowest BCUT2D eigenvalue weighted by atomic mass is 9.87. The molecule has 2 rings (SSSR count). The Bertz CT molecular complexity index is 547. The molecule has 0 aliphatic heterocycles. The van der Waals surface area contributed by atoms with Crippen LogP contribution in [0.3, 0.4) is 0 Å². The van der Waals surface area contributed by atoms with E-state index in [0.717, 1.165) is 25.7 Å². The minimum atomic E-state index is -0.559. The second-order valence-corrected chi connectivity index (χ2v) is 5.18. The number of rotatable bonds is 5. The highest BCUT2D eigenvalue weighted by atomic mass is 16.6. The first-order chi connectivity index (χ1) is 9.60. The van der Waals surface area contributed by atoms with E-state index in [1.807, 2.05) is 6.07 Å². The van der Waals surface area contributed by atoms with Crippen LogP contribution in [0.2, 0.25) is 0 Å². The number of anilines is 1. The standard InChI is InChI=1S/C13H16N4O3/c14-6-10-5-11(17(19)20)12(15-7-10)16-8-13(9-18)3-1-2-4-13/h5,7,18H,1-4,8-9H2,(H,15,16). The molecule has 0 unspecified atom stereocenters. The summed E-state index contributed by atoms with van der Waals surface area (Å²) >= 11 is 0. The second-order valence-electron chi connectivity index (χ2n) is 5.18. The zero-order valence-electron chi connectivity index (χ0n) is 11.0. The molecular weight excluding hydrogens is 260 g/mol. The number of nitro groups is 1. The van der Waals surface area contributed by atoms with Gasteiger partial charge in [0.2, 0.25) is 5.82 Å². The fourth-order valence-corrected chi connectivity index (χ4v) is 2.58. The van der Waals surface area contributed by atoms with Crippen LogP contribution in [-0.2, 0) is 0 Å². The van der Waals surface area contributed by atoms with Crippen molar-refractivity contribution >= 4 is 11.5 Å². The Kier molecular flexibility index (Phi) is 4.15. The molecule has 1 aliphatic rings. The van der Waals surface area contributed by atoms with Gasteiger partial charge in [-0.05, 0) is 12.8 Å². The molecule has 1 aliphatic carbocycles. The quantitative estimate of drug-likeness (QED) is 0.626. The zero-order valence-corrected chi connectivity index (χ0v) is 11.0. The van der Waals surface area contributed by atoms with E-state index in [-0.39, 0.29) is 29.1 Å². The third-order valence-corrected chi connectivity index (χ3v) is 3.82. The zero-order chi connectivity index (χ0) is 14.6. The summed E-state index contributed by atoms with van der Waals surface area (Å²) in [7, 11) is 0. The average Bonchev–Trinajstić information content (AvgIpc) is 2.94. The lowest BCUT2D eigenvalue weighted by Gasteiger charge is -2.26. The normalized spacial score (nSPS) is 16.6. The van der Waals surface area contributed by atoms with Crippen LogP contribution < -0.4 is 5.32 Å². The summed E-state index contributed by atoms with van der Waals surface area (Å²) in [6.45, 7) is 0.507. The molecule has 2 N–H and O–H groups in total. The Balaban J connectivity index is 2.17. The van der Waals surface area contributed by atoms with Crippen molar-refractivity contribution in [1.29, 1.82) is 5.26 Å². The molecule has 0 atom stereocenters. The fourth-order valence-electron chi connectivity index (χ4n) is 2.58. The van der Waals surface area contributed by atoms with Crippen LogP contribution in [0.25, 0.3) is 0 Å². The number of aliphatic hydroxyl groups excluding tert-OH is 1. The molecule has 0 bridgehead atoms. The number of hydrogen-bond acceptors (Lipinski definition) is 6. The number of hydrogen-bond donors (Lipinski definition) is 2. The SMILES string of the molecule is N#Cc1cnc(NCC2(CO)CCCC2)c([N+](=O)[O-])c1. The van der Waals surface area contributed by atoms with Gasteiger partial charge in [-0.25, -0.2) is 4.98 Å². The Morgan fingerprint density at radius 3 is 2.80 bits per heavy atom. The molecule has 7 heteroatoms. The third-order valence-electron chi connectivity index (χ3n) is 3.82. The highest BCUT2D eigenvalue weighted by Gasteiger charge is 2.33. The lowest BCUT2D eigenvalue weighted by Crippen LogP contribution is -2.31. The van der Waals surface area contributed by atoms with Gasteiger partial charge in [-0.2, -0.15) is 5.26 Å². The molecule has 1 saturated carbocycles. The van der Waals surface area contributed by atoms with E-state index >= 15 is 0 Å². The van der Waals surface area contributed by atoms with Gasteiger partial charge in [0.1, 0.15) is 6.07 Å². The summed E-state index contributed by atoms with van der Waals surface area (Å²) < 4.78 is 0. The predicted octanol–water partition coefficient (Wildman–Crippen LogP) is 1.83. The molecular formula is C13H16N4O3. The number of aromatic nitrogens is 1. The molecule has 1 aromatic rings. The summed E-state index contributed by atoms with van der Waals surface area (Å²) in [6.07, 6.45) is 5.23. The van der Waals surface area contributed by atoms with Crippen LogP contribution in [-0.4, -0.2) is 28.2 Å². The fraction of sp³-hybridized carbons (Fsp3) is 0.538. The summed E-state index contributed by atoms with van der Waals surface area (Å²) in [5.74, 6) is 0.147. The Labute approximate surface area is 116 Å². The molecule has 1 fully saturated rings. The maximum Gasteiger partial charge on any atom is 0.312 e. The van der Waals surface area contributed by atoms with Crippen LogP contribution in [0.15, 0.2) is 12.3 Å². The molecule has 106 valence electrons. The molecule has 7 nitrogen and oxygen atoms in total. The predicted molar refractivity (Wildman–Crippen MR) is 72.1 cm³/mol. The minimum absolute atomic E-state index is 0.0596. The number of aliphatic hydroxyl groups is 1. The smallest absolute Gasteiger partial charge is 0.312 e. The lowest BCUT2D eigenvalue weighted by molar-refractivity contribution is -0.384. The van der Waals surface area contributed by atoms with Gasteiger partial charge >= 0.3 is 5.69 Å².